The van der Waals surface area contributed by atoms with Gasteiger partial charge in [0.05, 0.1) is 0 Å². The zero-order chi connectivity index (χ0) is 7.56. The third-order valence-electron chi connectivity index (χ3n) is 0.887. The lowest BCUT2D eigenvalue weighted by atomic mass is 10.5. The Balaban J connectivity index is 3.18. The molecule has 0 spiro atoms. The second-order valence-corrected chi connectivity index (χ2v) is 2.26. The molecule has 0 aromatic carbocycles. The van der Waals surface area contributed by atoms with Gasteiger partial charge in [-0.2, -0.15) is 4.36 Å². The van der Waals surface area contributed by atoms with Crippen LogP contribution in [0.25, 0.3) is 0 Å². The Labute approximate surface area is 68.6 Å². The van der Waals surface area contributed by atoms with Crippen molar-refractivity contribution in [1.29, 1.82) is 0 Å². The van der Waals surface area contributed by atoms with E-state index in [1.807, 2.05) is 0 Å². The Kier molecular flexibility index (Phi) is 2.24. The van der Waals surface area contributed by atoms with Gasteiger partial charge in [-0.05, 0) is 6.92 Å². The Morgan fingerprint density at radius 2 is 2.30 bits per heavy atom. The number of nitrogens with zero attached hydrogens (tertiary/aromatic N) is 3. The van der Waals surface area contributed by atoms with Crippen LogP contribution in [0.3, 0.4) is 0 Å². The molecule has 0 amide bonds. The maximum Gasteiger partial charge on any atom is 0.170 e. The van der Waals surface area contributed by atoms with Crippen LogP contribution in [0.4, 0.5) is 5.82 Å². The second-order valence-electron chi connectivity index (χ2n) is 1.69. The molecule has 0 aliphatic carbocycles. The van der Waals surface area contributed by atoms with E-state index in [1.165, 1.54) is 6.07 Å². The molecule has 0 fully saturated rings. The van der Waals surface area contributed by atoms with E-state index in [0.717, 1.165) is 0 Å². The van der Waals surface area contributed by atoms with Crippen LogP contribution in [-0.2, 0) is 12.4 Å². The van der Waals surface area contributed by atoms with Crippen molar-refractivity contribution in [3.63, 3.8) is 0 Å². The van der Waals surface area contributed by atoms with E-state index < -0.39 is 0 Å². The van der Waals surface area contributed by atoms with Gasteiger partial charge in [0.15, 0.2) is 5.82 Å². The number of hydrogen-bond donors (Lipinski definition) is 0. The van der Waals surface area contributed by atoms with Crippen LogP contribution in [0, 0.1) is 6.92 Å². The minimum Gasteiger partial charge on any atom is -0.221 e. The van der Waals surface area contributed by atoms with E-state index in [9.17, 15) is 0 Å². The normalized spacial score (nSPS) is 9.40. The third kappa shape index (κ3) is 1.68. The van der Waals surface area contributed by atoms with Gasteiger partial charge in [-0.25, -0.2) is 9.97 Å². The fourth-order valence-corrected chi connectivity index (χ4v) is 0.877. The maximum absolute atomic E-state index is 5.57. The molecule has 0 aliphatic rings. The topological polar surface area (TPSA) is 38.1 Å². The molecule has 5 heteroatoms. The van der Waals surface area contributed by atoms with Crippen LogP contribution >= 0.6 is 11.6 Å². The molecular formula is C5H4ClN3S. The van der Waals surface area contributed by atoms with Crippen molar-refractivity contribution in [3.8, 4) is 0 Å². The molecule has 10 heavy (non-hydrogen) atoms. The van der Waals surface area contributed by atoms with Crippen molar-refractivity contribution in [2.45, 2.75) is 6.92 Å². The molecular weight excluding hydrogens is 170 g/mol. The molecule has 3 nitrogen and oxygen atoms in total. The van der Waals surface area contributed by atoms with Crippen molar-refractivity contribution < 1.29 is 0 Å². The minimum absolute atomic E-state index is 0.371. The lowest BCUT2D eigenvalue weighted by Crippen LogP contribution is -1.85. The smallest absolute Gasteiger partial charge is 0.170 e. The Hall–Kier alpha value is -0.610. The van der Waals surface area contributed by atoms with E-state index in [2.05, 4.69) is 26.8 Å². The van der Waals surface area contributed by atoms with E-state index in [0.29, 0.717) is 16.8 Å². The average molecular weight is 174 g/mol. The number of rotatable bonds is 1. The first-order valence-electron chi connectivity index (χ1n) is 2.57. The Morgan fingerprint density at radius 3 is 2.80 bits per heavy atom. The number of hydrogen-bond acceptors (Lipinski definition) is 4. The van der Waals surface area contributed by atoms with Crippen molar-refractivity contribution >= 4 is 29.8 Å². The zero-order valence-electron chi connectivity index (χ0n) is 5.21. The first-order valence-corrected chi connectivity index (χ1v) is 3.31. The van der Waals surface area contributed by atoms with E-state index in [1.54, 1.807) is 6.92 Å². The second kappa shape index (κ2) is 2.98. The fraction of sp³-hybridized carbons (Fsp3) is 0.200. The number of aromatic nitrogens is 2. The number of halogens is 1. The van der Waals surface area contributed by atoms with Crippen molar-refractivity contribution in [1.82, 2.24) is 9.97 Å². The third-order valence-corrected chi connectivity index (χ3v) is 1.27. The van der Waals surface area contributed by atoms with Crippen LogP contribution in [0.15, 0.2) is 10.4 Å². The SMILES string of the molecule is Cc1nc(Cl)cc(N=S)n1. The summed E-state index contributed by atoms with van der Waals surface area (Å²) in [5.74, 6) is 1.02. The summed E-state index contributed by atoms with van der Waals surface area (Å²) in [6.45, 7) is 1.73. The molecule has 1 heterocycles. The molecule has 52 valence electrons. The van der Waals surface area contributed by atoms with Gasteiger partial charge >= 0.3 is 0 Å². The standard InChI is InChI=1S/C5H4ClN3S/c1-3-7-4(6)2-5(8-3)9-10/h2H,1H3. The highest BCUT2D eigenvalue weighted by Gasteiger charge is 1.95. The molecule has 0 saturated heterocycles. The molecule has 0 saturated carbocycles. The van der Waals surface area contributed by atoms with Gasteiger partial charge in [-0.3, -0.25) is 0 Å². The molecule has 0 radical (unpaired) electrons. The first-order chi connectivity index (χ1) is 4.72. The van der Waals surface area contributed by atoms with Crippen LogP contribution in [0.5, 0.6) is 0 Å². The van der Waals surface area contributed by atoms with Crippen LogP contribution in [0.1, 0.15) is 5.82 Å². The van der Waals surface area contributed by atoms with Crippen LogP contribution < -0.4 is 0 Å². The molecule has 0 N–H and O–H groups in total. The van der Waals surface area contributed by atoms with Crippen molar-refractivity contribution in [2.75, 3.05) is 0 Å². The van der Waals surface area contributed by atoms with Gasteiger partial charge < -0.3 is 0 Å². The molecule has 0 unspecified atom stereocenters. The highest BCUT2D eigenvalue weighted by molar-refractivity contribution is 7.47. The molecule has 0 bridgehead atoms. The molecule has 0 aliphatic heterocycles. The predicted octanol–water partition coefficient (Wildman–Crippen LogP) is 1.80. The summed E-state index contributed by atoms with van der Waals surface area (Å²) >= 11 is 9.99. The van der Waals surface area contributed by atoms with Gasteiger partial charge in [0.1, 0.15) is 11.0 Å². The molecule has 1 aromatic heterocycles. The molecule has 0 atom stereocenters. The molecule has 1 aromatic rings. The van der Waals surface area contributed by atoms with E-state index in [4.69, 9.17) is 11.6 Å². The van der Waals surface area contributed by atoms with Crippen LogP contribution in [-0.4, -0.2) is 9.97 Å². The summed E-state index contributed by atoms with van der Waals surface area (Å²) in [6, 6.07) is 1.52. The van der Waals surface area contributed by atoms with Crippen molar-refractivity contribution in [2.24, 2.45) is 4.36 Å². The highest BCUT2D eigenvalue weighted by Crippen LogP contribution is 2.12. The maximum atomic E-state index is 5.57. The minimum atomic E-state index is 0.371. The average Bonchev–Trinajstić information content (AvgIpc) is 1.85. The lowest BCUT2D eigenvalue weighted by molar-refractivity contribution is 1.05. The van der Waals surface area contributed by atoms with Gasteiger partial charge in [-0.15, -0.1) is 0 Å². The summed E-state index contributed by atoms with van der Waals surface area (Å²) in [4.78, 5) is 7.72. The van der Waals surface area contributed by atoms with E-state index >= 15 is 0 Å². The fourth-order valence-electron chi connectivity index (χ4n) is 0.563. The van der Waals surface area contributed by atoms with E-state index in [-0.39, 0.29) is 0 Å². The Morgan fingerprint density at radius 1 is 1.60 bits per heavy atom. The predicted molar refractivity (Wildman–Crippen MR) is 41.2 cm³/mol. The quantitative estimate of drug-likeness (QED) is 0.608. The Bertz CT molecular complexity index is 243. The van der Waals surface area contributed by atoms with Gasteiger partial charge in [0.25, 0.3) is 0 Å². The van der Waals surface area contributed by atoms with Crippen molar-refractivity contribution in [3.05, 3.63) is 17.0 Å². The first kappa shape index (κ1) is 7.50. The summed E-state index contributed by atoms with van der Waals surface area (Å²) in [5, 5.41) is 0.371. The lowest BCUT2D eigenvalue weighted by Gasteiger charge is -1.92. The zero-order valence-corrected chi connectivity index (χ0v) is 6.78. The molecule has 1 rings (SSSR count). The summed E-state index contributed by atoms with van der Waals surface area (Å²) in [6.07, 6.45) is 0. The largest absolute Gasteiger partial charge is 0.221 e. The van der Waals surface area contributed by atoms with Gasteiger partial charge in [0, 0.05) is 18.5 Å². The van der Waals surface area contributed by atoms with Gasteiger partial charge in [-0.1, -0.05) is 11.6 Å². The summed E-state index contributed by atoms with van der Waals surface area (Å²) in [7, 11) is 0. The van der Waals surface area contributed by atoms with Crippen LogP contribution in [0.2, 0.25) is 5.15 Å². The number of aryl methyl sites for hydroxylation is 1. The summed E-state index contributed by atoms with van der Waals surface area (Å²) < 4.78 is 3.44. The van der Waals surface area contributed by atoms with Gasteiger partial charge in [0.2, 0.25) is 0 Å². The highest BCUT2D eigenvalue weighted by atomic mass is 35.5. The summed E-state index contributed by atoms with van der Waals surface area (Å²) in [5.41, 5.74) is 0. The monoisotopic (exact) mass is 173 g/mol.